The molecule has 0 aliphatic rings. The highest BCUT2D eigenvalue weighted by Gasteiger charge is 2.09. The fourth-order valence-electron chi connectivity index (χ4n) is 1.71. The summed E-state index contributed by atoms with van der Waals surface area (Å²) in [5, 5.41) is 3.63. The minimum Gasteiger partial charge on any atom is -0.486 e. The Hall–Kier alpha value is -2.08. The highest BCUT2D eigenvalue weighted by molar-refractivity contribution is 7.11. The van der Waals surface area contributed by atoms with E-state index in [4.69, 9.17) is 4.74 Å². The Morgan fingerprint density at radius 2 is 2.10 bits per heavy atom. The van der Waals surface area contributed by atoms with Crippen molar-refractivity contribution in [2.45, 2.75) is 20.5 Å². The molecule has 6 heteroatoms. The SMILES string of the molecule is COC(=O)Nc1ccccc1OCc1sc(C)nc1C. The van der Waals surface area contributed by atoms with E-state index >= 15 is 0 Å². The van der Waals surface area contributed by atoms with Crippen molar-refractivity contribution in [3.05, 3.63) is 39.8 Å². The molecular weight excluding hydrogens is 276 g/mol. The number of hydrogen-bond donors (Lipinski definition) is 1. The van der Waals surface area contributed by atoms with Crippen molar-refractivity contribution < 1.29 is 14.3 Å². The molecule has 1 N–H and O–H groups in total. The first-order valence-corrected chi connectivity index (χ1v) is 6.91. The summed E-state index contributed by atoms with van der Waals surface area (Å²) in [6, 6.07) is 7.23. The first-order chi connectivity index (χ1) is 9.60. The number of carbonyl (C=O) groups is 1. The number of aryl methyl sites for hydroxylation is 2. The standard InChI is InChI=1S/C14H16N2O3S/c1-9-13(20-10(2)15-9)8-19-12-7-5-4-6-11(12)16-14(17)18-3/h4-7H,8H2,1-3H3,(H,16,17). The lowest BCUT2D eigenvalue weighted by atomic mass is 10.3. The quantitative estimate of drug-likeness (QED) is 0.936. The van der Waals surface area contributed by atoms with Crippen LogP contribution in [0.2, 0.25) is 0 Å². The third-order valence-electron chi connectivity index (χ3n) is 2.67. The predicted octanol–water partition coefficient (Wildman–Crippen LogP) is 3.52. The average molecular weight is 292 g/mol. The first kappa shape index (κ1) is 14.3. The molecule has 0 fully saturated rings. The van der Waals surface area contributed by atoms with E-state index in [1.807, 2.05) is 26.0 Å². The highest BCUT2D eigenvalue weighted by atomic mass is 32.1. The van der Waals surface area contributed by atoms with Crippen molar-refractivity contribution in [3.8, 4) is 5.75 Å². The number of amides is 1. The Morgan fingerprint density at radius 3 is 2.75 bits per heavy atom. The zero-order valence-electron chi connectivity index (χ0n) is 11.6. The molecule has 1 amide bonds. The molecule has 0 saturated carbocycles. The number of anilines is 1. The molecular formula is C14H16N2O3S. The van der Waals surface area contributed by atoms with Gasteiger partial charge in [-0.1, -0.05) is 12.1 Å². The van der Waals surface area contributed by atoms with Crippen LogP contribution in [-0.2, 0) is 11.3 Å². The summed E-state index contributed by atoms with van der Waals surface area (Å²) in [6.07, 6.45) is -0.522. The third kappa shape index (κ3) is 3.48. The van der Waals surface area contributed by atoms with E-state index in [0.717, 1.165) is 15.6 Å². The number of ether oxygens (including phenoxy) is 2. The summed E-state index contributed by atoms with van der Waals surface area (Å²) in [6.45, 7) is 4.35. The number of para-hydroxylation sites is 2. The lowest BCUT2D eigenvalue weighted by Gasteiger charge is -2.11. The van der Waals surface area contributed by atoms with Crippen molar-refractivity contribution in [3.63, 3.8) is 0 Å². The molecule has 2 aromatic rings. The molecule has 1 heterocycles. The second-order valence-corrected chi connectivity index (χ2v) is 5.43. The molecule has 2 rings (SSSR count). The zero-order valence-corrected chi connectivity index (χ0v) is 12.4. The van der Waals surface area contributed by atoms with Crippen LogP contribution in [0.1, 0.15) is 15.6 Å². The van der Waals surface area contributed by atoms with Crippen LogP contribution >= 0.6 is 11.3 Å². The van der Waals surface area contributed by atoms with Crippen LogP contribution in [0.5, 0.6) is 5.75 Å². The largest absolute Gasteiger partial charge is 0.486 e. The number of rotatable bonds is 4. The van der Waals surface area contributed by atoms with Gasteiger partial charge in [-0.25, -0.2) is 9.78 Å². The number of hydrogen-bond acceptors (Lipinski definition) is 5. The number of aromatic nitrogens is 1. The lowest BCUT2D eigenvalue weighted by molar-refractivity contribution is 0.186. The van der Waals surface area contributed by atoms with Gasteiger partial charge in [0.1, 0.15) is 12.4 Å². The van der Waals surface area contributed by atoms with E-state index < -0.39 is 6.09 Å². The number of carbonyl (C=O) groups excluding carboxylic acids is 1. The summed E-state index contributed by atoms with van der Waals surface area (Å²) in [4.78, 5) is 16.7. The molecule has 1 aromatic carbocycles. The number of methoxy groups -OCH3 is 1. The van der Waals surface area contributed by atoms with Crippen LogP contribution in [0.3, 0.4) is 0 Å². The van der Waals surface area contributed by atoms with Gasteiger partial charge in [0.15, 0.2) is 0 Å². The molecule has 0 spiro atoms. The zero-order chi connectivity index (χ0) is 14.5. The molecule has 5 nitrogen and oxygen atoms in total. The van der Waals surface area contributed by atoms with E-state index in [0.29, 0.717) is 18.0 Å². The van der Waals surface area contributed by atoms with E-state index in [-0.39, 0.29) is 0 Å². The average Bonchev–Trinajstić information content (AvgIpc) is 2.76. The minimum atomic E-state index is -0.522. The van der Waals surface area contributed by atoms with Crippen molar-refractivity contribution in [2.75, 3.05) is 12.4 Å². The summed E-state index contributed by atoms with van der Waals surface area (Å²) in [7, 11) is 1.32. The van der Waals surface area contributed by atoms with Crippen LogP contribution in [0.15, 0.2) is 24.3 Å². The summed E-state index contributed by atoms with van der Waals surface area (Å²) in [5.74, 6) is 0.600. The van der Waals surface area contributed by atoms with Crippen molar-refractivity contribution in [1.82, 2.24) is 4.98 Å². The molecule has 0 aliphatic carbocycles. The van der Waals surface area contributed by atoms with E-state index in [9.17, 15) is 4.79 Å². The van der Waals surface area contributed by atoms with Gasteiger partial charge in [-0.3, -0.25) is 5.32 Å². The van der Waals surface area contributed by atoms with Gasteiger partial charge in [0.2, 0.25) is 0 Å². The fraction of sp³-hybridized carbons (Fsp3) is 0.286. The molecule has 0 unspecified atom stereocenters. The monoisotopic (exact) mass is 292 g/mol. The summed E-state index contributed by atoms with van der Waals surface area (Å²) in [5.41, 5.74) is 1.56. The van der Waals surface area contributed by atoms with Gasteiger partial charge in [0, 0.05) is 0 Å². The fourth-order valence-corrected chi connectivity index (χ4v) is 2.56. The topological polar surface area (TPSA) is 60.5 Å². The van der Waals surface area contributed by atoms with Crippen LogP contribution in [0, 0.1) is 13.8 Å². The normalized spacial score (nSPS) is 10.2. The highest BCUT2D eigenvalue weighted by Crippen LogP contribution is 2.26. The predicted molar refractivity (Wildman–Crippen MR) is 78.4 cm³/mol. The maximum Gasteiger partial charge on any atom is 0.411 e. The van der Waals surface area contributed by atoms with Crippen LogP contribution in [-0.4, -0.2) is 18.2 Å². The number of thiazole rings is 1. The van der Waals surface area contributed by atoms with Crippen molar-refractivity contribution in [2.24, 2.45) is 0 Å². The van der Waals surface area contributed by atoms with Gasteiger partial charge in [-0.05, 0) is 26.0 Å². The van der Waals surface area contributed by atoms with Gasteiger partial charge in [0.25, 0.3) is 0 Å². The van der Waals surface area contributed by atoms with Crippen molar-refractivity contribution >= 4 is 23.1 Å². The molecule has 0 radical (unpaired) electrons. The summed E-state index contributed by atoms with van der Waals surface area (Å²) >= 11 is 1.61. The maximum absolute atomic E-state index is 11.3. The van der Waals surface area contributed by atoms with Gasteiger partial charge in [-0.2, -0.15) is 0 Å². The molecule has 1 aromatic heterocycles. The van der Waals surface area contributed by atoms with E-state index in [1.54, 1.807) is 23.5 Å². The molecule has 0 bridgehead atoms. The molecule has 106 valence electrons. The number of nitrogens with zero attached hydrogens (tertiary/aromatic N) is 1. The minimum absolute atomic E-state index is 0.428. The molecule has 0 saturated heterocycles. The Bertz CT molecular complexity index is 610. The number of nitrogens with one attached hydrogen (secondary N) is 1. The van der Waals surface area contributed by atoms with Gasteiger partial charge in [0.05, 0.1) is 28.4 Å². The Labute approximate surface area is 121 Å². The van der Waals surface area contributed by atoms with E-state index in [2.05, 4.69) is 15.0 Å². The van der Waals surface area contributed by atoms with Crippen LogP contribution < -0.4 is 10.1 Å². The third-order valence-corrected chi connectivity index (χ3v) is 3.71. The number of benzene rings is 1. The van der Waals surface area contributed by atoms with Crippen LogP contribution in [0.25, 0.3) is 0 Å². The molecule has 20 heavy (non-hydrogen) atoms. The van der Waals surface area contributed by atoms with Gasteiger partial charge < -0.3 is 9.47 Å². The van der Waals surface area contributed by atoms with Gasteiger partial charge >= 0.3 is 6.09 Å². The Kier molecular flexibility index (Phi) is 4.57. The second kappa shape index (κ2) is 6.38. The van der Waals surface area contributed by atoms with Gasteiger partial charge in [-0.15, -0.1) is 11.3 Å². The maximum atomic E-state index is 11.3. The molecule has 0 aliphatic heterocycles. The molecule has 0 atom stereocenters. The lowest BCUT2D eigenvalue weighted by Crippen LogP contribution is -2.12. The first-order valence-electron chi connectivity index (χ1n) is 6.10. The Balaban J connectivity index is 2.09. The smallest absolute Gasteiger partial charge is 0.411 e. The van der Waals surface area contributed by atoms with E-state index in [1.165, 1.54) is 7.11 Å². The summed E-state index contributed by atoms with van der Waals surface area (Å²) < 4.78 is 10.3. The second-order valence-electron chi connectivity index (χ2n) is 4.14. The van der Waals surface area contributed by atoms with Crippen LogP contribution in [0.4, 0.5) is 10.5 Å². The van der Waals surface area contributed by atoms with Crippen molar-refractivity contribution in [1.29, 1.82) is 0 Å². The Morgan fingerprint density at radius 1 is 1.35 bits per heavy atom.